The number of nitrogens with one attached hydrogen (secondary N) is 1. The fourth-order valence-corrected chi connectivity index (χ4v) is 1.83. The summed E-state index contributed by atoms with van der Waals surface area (Å²) in [7, 11) is 0. The molecule has 1 saturated heterocycles. The summed E-state index contributed by atoms with van der Waals surface area (Å²) < 4.78 is 0. The Morgan fingerprint density at radius 1 is 1.31 bits per heavy atom. The van der Waals surface area contributed by atoms with E-state index in [2.05, 4.69) is 15.3 Å². The molecular formula is C9H18N4. The molecule has 1 rings (SSSR count). The molecule has 0 aromatic carbocycles. The number of rotatable bonds is 5. The molecular weight excluding hydrogens is 164 g/mol. The van der Waals surface area contributed by atoms with Gasteiger partial charge in [0.25, 0.3) is 0 Å². The third-order valence-electron chi connectivity index (χ3n) is 2.64. The Hall–Kier alpha value is -0.730. The van der Waals surface area contributed by atoms with Crippen molar-refractivity contribution in [1.29, 1.82) is 0 Å². The molecule has 1 aliphatic heterocycles. The highest BCUT2D eigenvalue weighted by molar-refractivity contribution is 4.68. The quantitative estimate of drug-likeness (QED) is 0.302. The first-order chi connectivity index (χ1) is 6.43. The highest BCUT2D eigenvalue weighted by Crippen LogP contribution is 2.18. The molecule has 0 spiro atoms. The zero-order valence-electron chi connectivity index (χ0n) is 8.08. The van der Waals surface area contributed by atoms with Crippen LogP contribution >= 0.6 is 0 Å². The van der Waals surface area contributed by atoms with Crippen LogP contribution < -0.4 is 5.32 Å². The second kappa shape index (κ2) is 6.75. The van der Waals surface area contributed by atoms with Gasteiger partial charge in [-0.3, -0.25) is 0 Å². The number of azide groups is 1. The third kappa shape index (κ3) is 4.76. The van der Waals surface area contributed by atoms with Crippen molar-refractivity contribution in [2.24, 2.45) is 11.0 Å². The van der Waals surface area contributed by atoms with Crippen LogP contribution in [-0.2, 0) is 0 Å². The Morgan fingerprint density at radius 3 is 2.77 bits per heavy atom. The van der Waals surface area contributed by atoms with E-state index in [1.807, 2.05) is 0 Å². The van der Waals surface area contributed by atoms with E-state index >= 15 is 0 Å². The van der Waals surface area contributed by atoms with Gasteiger partial charge in [-0.2, -0.15) is 0 Å². The van der Waals surface area contributed by atoms with E-state index in [1.165, 1.54) is 38.8 Å². The van der Waals surface area contributed by atoms with Crippen LogP contribution in [-0.4, -0.2) is 19.6 Å². The number of hydrogen-bond donors (Lipinski definition) is 1. The molecule has 0 aromatic heterocycles. The molecule has 0 amide bonds. The van der Waals surface area contributed by atoms with Gasteiger partial charge in [0.2, 0.25) is 0 Å². The van der Waals surface area contributed by atoms with Gasteiger partial charge >= 0.3 is 0 Å². The maximum Gasteiger partial charge on any atom is 0.0257 e. The summed E-state index contributed by atoms with van der Waals surface area (Å²) in [5.74, 6) is 0.910. The molecule has 4 heteroatoms. The Bertz CT molecular complexity index is 168. The first-order valence-corrected chi connectivity index (χ1v) is 5.15. The molecule has 74 valence electrons. The van der Waals surface area contributed by atoms with Crippen molar-refractivity contribution in [2.45, 2.75) is 32.1 Å². The minimum Gasteiger partial charge on any atom is -0.317 e. The molecule has 1 heterocycles. The van der Waals surface area contributed by atoms with Crippen LogP contribution in [0.2, 0.25) is 0 Å². The van der Waals surface area contributed by atoms with E-state index in [9.17, 15) is 0 Å². The van der Waals surface area contributed by atoms with Crippen molar-refractivity contribution in [2.75, 3.05) is 19.6 Å². The molecule has 1 fully saturated rings. The van der Waals surface area contributed by atoms with Gasteiger partial charge in [-0.15, -0.1) is 0 Å². The number of unbranched alkanes of at least 4 members (excludes halogenated alkanes) is 1. The molecule has 0 aromatic rings. The van der Waals surface area contributed by atoms with Gasteiger partial charge in [0, 0.05) is 11.5 Å². The summed E-state index contributed by atoms with van der Waals surface area (Å²) >= 11 is 0. The van der Waals surface area contributed by atoms with Crippen molar-refractivity contribution in [3.63, 3.8) is 0 Å². The van der Waals surface area contributed by atoms with Gasteiger partial charge in [0.15, 0.2) is 0 Å². The largest absolute Gasteiger partial charge is 0.317 e. The minimum atomic E-state index is 0.668. The van der Waals surface area contributed by atoms with Crippen molar-refractivity contribution in [3.05, 3.63) is 10.4 Å². The monoisotopic (exact) mass is 182 g/mol. The lowest BCUT2D eigenvalue weighted by Gasteiger charge is -2.22. The maximum absolute atomic E-state index is 8.06. The predicted octanol–water partition coefficient (Wildman–Crippen LogP) is 2.47. The average Bonchev–Trinajstić information content (AvgIpc) is 2.19. The SMILES string of the molecule is [N-]=[N+]=NCCCCC1CCNCC1. The average molecular weight is 182 g/mol. The van der Waals surface area contributed by atoms with Crippen LogP contribution in [0.5, 0.6) is 0 Å². The summed E-state index contributed by atoms with van der Waals surface area (Å²) in [5.41, 5.74) is 8.06. The van der Waals surface area contributed by atoms with Crippen molar-refractivity contribution in [1.82, 2.24) is 5.32 Å². The first kappa shape index (κ1) is 10.4. The molecule has 0 radical (unpaired) electrons. The van der Waals surface area contributed by atoms with Crippen molar-refractivity contribution < 1.29 is 0 Å². The minimum absolute atomic E-state index is 0.668. The molecule has 0 saturated carbocycles. The molecule has 0 aliphatic carbocycles. The van der Waals surface area contributed by atoms with Gasteiger partial charge in [0.1, 0.15) is 0 Å². The standard InChI is InChI=1S/C9H18N4/c10-13-12-6-2-1-3-9-4-7-11-8-5-9/h9,11H,1-8H2. The van der Waals surface area contributed by atoms with Gasteiger partial charge in [-0.25, -0.2) is 0 Å². The lowest BCUT2D eigenvalue weighted by atomic mass is 9.92. The van der Waals surface area contributed by atoms with Crippen molar-refractivity contribution >= 4 is 0 Å². The Labute approximate surface area is 79.3 Å². The summed E-state index contributed by atoms with van der Waals surface area (Å²) in [4.78, 5) is 2.74. The molecule has 0 bridgehead atoms. The van der Waals surface area contributed by atoms with E-state index in [1.54, 1.807) is 0 Å². The molecule has 1 N–H and O–H groups in total. The fraction of sp³-hybridized carbons (Fsp3) is 1.00. The summed E-state index contributed by atoms with van der Waals surface area (Å²) in [5, 5.41) is 6.88. The van der Waals surface area contributed by atoms with Gasteiger partial charge in [0.05, 0.1) is 0 Å². The topological polar surface area (TPSA) is 60.8 Å². The van der Waals surface area contributed by atoms with Crippen LogP contribution in [0.15, 0.2) is 5.11 Å². The van der Waals surface area contributed by atoms with Gasteiger partial charge in [-0.1, -0.05) is 18.0 Å². The molecule has 0 unspecified atom stereocenters. The van der Waals surface area contributed by atoms with Crippen LogP contribution in [0.25, 0.3) is 10.4 Å². The van der Waals surface area contributed by atoms with E-state index in [0.717, 1.165) is 12.3 Å². The van der Waals surface area contributed by atoms with Crippen LogP contribution in [0, 0.1) is 5.92 Å². The zero-order chi connectivity index (χ0) is 9.36. The highest BCUT2D eigenvalue weighted by atomic mass is 15.1. The smallest absolute Gasteiger partial charge is 0.0257 e. The third-order valence-corrected chi connectivity index (χ3v) is 2.64. The van der Waals surface area contributed by atoms with Crippen LogP contribution in [0.4, 0.5) is 0 Å². The number of nitrogens with zero attached hydrogens (tertiary/aromatic N) is 3. The Morgan fingerprint density at radius 2 is 2.08 bits per heavy atom. The summed E-state index contributed by atoms with van der Waals surface area (Å²) in [6.07, 6.45) is 6.21. The molecule has 1 aliphatic rings. The zero-order valence-corrected chi connectivity index (χ0v) is 8.08. The van der Waals surface area contributed by atoms with Crippen molar-refractivity contribution in [3.8, 4) is 0 Å². The predicted molar refractivity (Wildman–Crippen MR) is 53.5 cm³/mol. The maximum atomic E-state index is 8.06. The molecule has 0 atom stereocenters. The first-order valence-electron chi connectivity index (χ1n) is 5.15. The lowest BCUT2D eigenvalue weighted by molar-refractivity contribution is 0.345. The molecule has 4 nitrogen and oxygen atoms in total. The van der Waals surface area contributed by atoms with Crippen LogP contribution in [0.1, 0.15) is 32.1 Å². The van der Waals surface area contributed by atoms with Gasteiger partial charge < -0.3 is 5.32 Å². The van der Waals surface area contributed by atoms with E-state index < -0.39 is 0 Å². The number of piperidine rings is 1. The van der Waals surface area contributed by atoms with E-state index in [0.29, 0.717) is 6.54 Å². The summed E-state index contributed by atoms with van der Waals surface area (Å²) in [6.45, 7) is 3.03. The normalized spacial score (nSPS) is 18.2. The Balaban J connectivity index is 1.94. The second-order valence-corrected chi connectivity index (χ2v) is 3.64. The summed E-state index contributed by atoms with van der Waals surface area (Å²) in [6, 6.07) is 0. The van der Waals surface area contributed by atoms with E-state index in [-0.39, 0.29) is 0 Å². The second-order valence-electron chi connectivity index (χ2n) is 3.64. The highest BCUT2D eigenvalue weighted by Gasteiger charge is 2.11. The number of hydrogen-bond acceptors (Lipinski definition) is 2. The Kier molecular flexibility index (Phi) is 5.38. The van der Waals surface area contributed by atoms with E-state index in [4.69, 9.17) is 5.53 Å². The van der Waals surface area contributed by atoms with Crippen LogP contribution in [0.3, 0.4) is 0 Å². The molecule has 13 heavy (non-hydrogen) atoms. The fourth-order valence-electron chi connectivity index (χ4n) is 1.83. The van der Waals surface area contributed by atoms with Gasteiger partial charge in [-0.05, 0) is 43.8 Å². The lowest BCUT2D eigenvalue weighted by Crippen LogP contribution is -2.27.